The van der Waals surface area contributed by atoms with Crippen molar-refractivity contribution in [3.05, 3.63) is 59.7 Å². The van der Waals surface area contributed by atoms with E-state index in [4.69, 9.17) is 9.47 Å². The number of carbonyl (C=O) groups is 3. The molecule has 11 heteroatoms. The quantitative estimate of drug-likeness (QED) is 0.571. The molecule has 3 N–H and O–H groups in total. The third-order valence-corrected chi connectivity index (χ3v) is 6.46. The van der Waals surface area contributed by atoms with Crippen molar-refractivity contribution in [2.45, 2.75) is 31.1 Å². The van der Waals surface area contributed by atoms with Crippen LogP contribution in [0.3, 0.4) is 0 Å². The van der Waals surface area contributed by atoms with Crippen molar-refractivity contribution >= 4 is 18.0 Å². The van der Waals surface area contributed by atoms with Gasteiger partial charge in [-0.15, -0.1) is 0 Å². The second kappa shape index (κ2) is 9.21. The maximum Gasteiger partial charge on any atom is 0.417 e. The molecule has 2 aromatic rings. The van der Waals surface area contributed by atoms with Gasteiger partial charge in [-0.1, -0.05) is 48.5 Å². The number of amides is 2. The number of aliphatic carboxylic acids is 1. The molecule has 2 aromatic carbocycles. The lowest BCUT2D eigenvalue weighted by Gasteiger charge is -2.28. The molecule has 3 atom stereocenters. The fourth-order valence-electron chi connectivity index (χ4n) is 4.39. The Morgan fingerprint density at radius 3 is 2.23 bits per heavy atom. The molecule has 3 unspecified atom stereocenters. The van der Waals surface area contributed by atoms with Gasteiger partial charge in [0, 0.05) is 5.92 Å². The monoisotopic (exact) mass is 492 g/mol. The molecular formula is C24H23F3N2O6. The lowest BCUT2D eigenvalue weighted by atomic mass is 9.85. The van der Waals surface area contributed by atoms with E-state index in [-0.39, 0.29) is 25.7 Å². The third-order valence-electron chi connectivity index (χ3n) is 6.46. The number of fused-ring (bicyclic) bond motifs is 3. The molecule has 0 spiro atoms. The molecule has 2 amide bonds. The molecule has 186 valence electrons. The molecule has 0 aromatic heterocycles. The van der Waals surface area contributed by atoms with Gasteiger partial charge in [-0.25, -0.2) is 4.79 Å². The van der Waals surface area contributed by atoms with E-state index >= 15 is 0 Å². The Morgan fingerprint density at radius 2 is 1.69 bits per heavy atom. The van der Waals surface area contributed by atoms with Crippen LogP contribution >= 0.6 is 0 Å². The Labute approximate surface area is 198 Å². The maximum atomic E-state index is 13.6. The molecule has 1 aliphatic heterocycles. The first-order chi connectivity index (χ1) is 16.5. The number of alkyl halides is 3. The molecule has 1 fully saturated rings. The van der Waals surface area contributed by atoms with Crippen molar-refractivity contribution in [1.82, 2.24) is 10.6 Å². The van der Waals surface area contributed by atoms with Gasteiger partial charge in [0.05, 0.1) is 19.3 Å². The number of carboxylic acid groups (broad SMARTS) is 1. The van der Waals surface area contributed by atoms with Crippen LogP contribution in [-0.2, 0) is 19.1 Å². The largest absolute Gasteiger partial charge is 0.481 e. The SMILES string of the molecule is CC1(C(=O)O)COCC1NC(=O)C(NC(=O)OCC1c2ccccc2-c2ccccc21)C(F)(F)F. The zero-order valence-corrected chi connectivity index (χ0v) is 18.6. The summed E-state index contributed by atoms with van der Waals surface area (Å²) in [5, 5.41) is 13.0. The second-order valence-corrected chi connectivity index (χ2v) is 8.74. The van der Waals surface area contributed by atoms with E-state index in [2.05, 4.69) is 5.32 Å². The van der Waals surface area contributed by atoms with E-state index in [1.54, 1.807) is 5.32 Å². The Morgan fingerprint density at radius 1 is 1.11 bits per heavy atom. The van der Waals surface area contributed by atoms with Crippen molar-refractivity contribution in [2.24, 2.45) is 5.41 Å². The van der Waals surface area contributed by atoms with Crippen molar-refractivity contribution in [1.29, 1.82) is 0 Å². The van der Waals surface area contributed by atoms with Gasteiger partial charge in [-0.05, 0) is 29.2 Å². The summed E-state index contributed by atoms with van der Waals surface area (Å²) in [5.41, 5.74) is 2.05. The molecule has 8 nitrogen and oxygen atoms in total. The molecule has 2 aliphatic rings. The fraction of sp³-hybridized carbons (Fsp3) is 0.375. The number of hydrogen-bond acceptors (Lipinski definition) is 5. The van der Waals surface area contributed by atoms with Gasteiger partial charge >= 0.3 is 18.2 Å². The minimum atomic E-state index is -5.14. The average molecular weight is 492 g/mol. The van der Waals surface area contributed by atoms with Gasteiger partial charge in [0.25, 0.3) is 5.91 Å². The summed E-state index contributed by atoms with van der Waals surface area (Å²) >= 11 is 0. The summed E-state index contributed by atoms with van der Waals surface area (Å²) < 4.78 is 51.0. The van der Waals surface area contributed by atoms with Crippen LogP contribution in [-0.4, -0.2) is 61.2 Å². The van der Waals surface area contributed by atoms with E-state index in [0.717, 1.165) is 22.3 Å². The van der Waals surface area contributed by atoms with E-state index in [1.165, 1.54) is 6.92 Å². The standard InChI is InChI=1S/C24H23F3N2O6/c1-23(21(31)32)12-34-11-18(23)28-20(30)19(24(25,26)27)29-22(33)35-10-17-15-8-4-2-6-13(15)14-7-3-5-9-16(14)17/h2-9,17-19H,10-12H2,1H3,(H,28,30)(H,29,33)(H,31,32). The van der Waals surface area contributed by atoms with Crippen molar-refractivity contribution in [3.63, 3.8) is 0 Å². The predicted molar refractivity (Wildman–Crippen MR) is 117 cm³/mol. The minimum Gasteiger partial charge on any atom is -0.481 e. The Bertz CT molecular complexity index is 1110. The van der Waals surface area contributed by atoms with Crippen LogP contribution in [0.1, 0.15) is 24.0 Å². The molecule has 1 heterocycles. The molecule has 1 aliphatic carbocycles. The third kappa shape index (κ3) is 4.68. The van der Waals surface area contributed by atoms with Crippen LogP contribution in [0.4, 0.5) is 18.0 Å². The second-order valence-electron chi connectivity index (χ2n) is 8.74. The van der Waals surface area contributed by atoms with Gasteiger partial charge < -0.3 is 25.2 Å². The number of benzene rings is 2. The normalized spacial score (nSPS) is 22.1. The predicted octanol–water partition coefficient (Wildman–Crippen LogP) is 3.06. The average Bonchev–Trinajstić information content (AvgIpc) is 3.34. The number of alkyl carbamates (subject to hydrolysis) is 1. The number of halogens is 3. The zero-order valence-electron chi connectivity index (χ0n) is 18.6. The maximum absolute atomic E-state index is 13.6. The van der Waals surface area contributed by atoms with Crippen LogP contribution in [0.15, 0.2) is 48.5 Å². The summed E-state index contributed by atoms with van der Waals surface area (Å²) in [6.45, 7) is 0.474. The lowest BCUT2D eigenvalue weighted by Crippen LogP contribution is -2.59. The topological polar surface area (TPSA) is 114 Å². The number of carbonyl (C=O) groups excluding carboxylic acids is 2. The van der Waals surface area contributed by atoms with E-state index in [1.807, 2.05) is 48.5 Å². The molecule has 4 rings (SSSR count). The highest BCUT2D eigenvalue weighted by molar-refractivity contribution is 5.88. The smallest absolute Gasteiger partial charge is 0.417 e. The van der Waals surface area contributed by atoms with E-state index in [9.17, 15) is 32.7 Å². The Kier molecular flexibility index (Phi) is 6.46. The first-order valence-corrected chi connectivity index (χ1v) is 10.8. The molecular weight excluding hydrogens is 469 g/mol. The molecule has 0 bridgehead atoms. The van der Waals surface area contributed by atoms with Crippen molar-refractivity contribution in [3.8, 4) is 11.1 Å². The van der Waals surface area contributed by atoms with Crippen LogP contribution in [0.25, 0.3) is 11.1 Å². The zero-order chi connectivity index (χ0) is 25.4. The first-order valence-electron chi connectivity index (χ1n) is 10.8. The van der Waals surface area contributed by atoms with Crippen molar-refractivity contribution < 1.29 is 42.1 Å². The molecule has 1 saturated heterocycles. The molecule has 35 heavy (non-hydrogen) atoms. The van der Waals surface area contributed by atoms with E-state index in [0.29, 0.717) is 0 Å². The summed E-state index contributed by atoms with van der Waals surface area (Å²) in [4.78, 5) is 36.3. The number of hydrogen-bond donors (Lipinski definition) is 3. The van der Waals surface area contributed by atoms with Crippen LogP contribution in [0, 0.1) is 5.41 Å². The van der Waals surface area contributed by atoms with Gasteiger partial charge in [-0.2, -0.15) is 13.2 Å². The summed E-state index contributed by atoms with van der Waals surface area (Å²) in [6, 6.07) is 10.8. The molecule has 0 saturated carbocycles. The highest BCUT2D eigenvalue weighted by Gasteiger charge is 2.51. The Hall–Kier alpha value is -3.60. The summed E-state index contributed by atoms with van der Waals surface area (Å²) in [7, 11) is 0. The van der Waals surface area contributed by atoms with Gasteiger partial charge in [0.1, 0.15) is 12.0 Å². The van der Waals surface area contributed by atoms with Crippen molar-refractivity contribution in [2.75, 3.05) is 19.8 Å². The van der Waals surface area contributed by atoms with E-state index < -0.39 is 41.6 Å². The minimum absolute atomic E-state index is 0.237. The number of carboxylic acids is 1. The number of rotatable bonds is 6. The number of nitrogens with one attached hydrogen (secondary N) is 2. The van der Waals surface area contributed by atoms with Gasteiger partial charge in [0.2, 0.25) is 6.04 Å². The van der Waals surface area contributed by atoms with Crippen LogP contribution < -0.4 is 10.6 Å². The first kappa shape index (κ1) is 24.5. The highest BCUT2D eigenvalue weighted by Crippen LogP contribution is 2.44. The lowest BCUT2D eigenvalue weighted by molar-refractivity contribution is -0.168. The van der Waals surface area contributed by atoms with Crippen LogP contribution in [0.2, 0.25) is 0 Å². The summed E-state index contributed by atoms with van der Waals surface area (Å²) in [6.07, 6.45) is -6.57. The fourth-order valence-corrected chi connectivity index (χ4v) is 4.39. The van der Waals surface area contributed by atoms with Crippen LogP contribution in [0.5, 0.6) is 0 Å². The number of ether oxygens (including phenoxy) is 2. The summed E-state index contributed by atoms with van der Waals surface area (Å²) in [5.74, 6) is -3.31. The Balaban J connectivity index is 1.44. The van der Waals surface area contributed by atoms with Gasteiger partial charge in [0.15, 0.2) is 0 Å². The highest BCUT2D eigenvalue weighted by atomic mass is 19.4. The van der Waals surface area contributed by atoms with Gasteiger partial charge in [-0.3, -0.25) is 9.59 Å². The molecule has 0 radical (unpaired) electrons.